The molecule has 5 rings (SSSR count). The minimum atomic E-state index is -0.407. The predicted molar refractivity (Wildman–Crippen MR) is 113 cm³/mol. The molecule has 8 nitrogen and oxygen atoms in total. The number of rotatable bonds is 5. The molecule has 0 N–H and O–H groups in total. The molecule has 0 saturated carbocycles. The zero-order valence-corrected chi connectivity index (χ0v) is 17.0. The molecule has 0 bridgehead atoms. The number of benzene rings is 2. The molecule has 2 heterocycles. The van der Waals surface area contributed by atoms with Crippen molar-refractivity contribution in [1.82, 2.24) is 14.9 Å². The minimum Gasteiger partial charge on any atom is -0.486 e. The Morgan fingerprint density at radius 3 is 2.67 bits per heavy atom. The van der Waals surface area contributed by atoms with Gasteiger partial charge in [-0.3, -0.25) is 10.1 Å². The molecule has 9 heteroatoms. The maximum atomic E-state index is 10.9. The van der Waals surface area contributed by atoms with E-state index in [1.807, 2.05) is 6.07 Å². The van der Waals surface area contributed by atoms with Gasteiger partial charge in [-0.05, 0) is 66.6 Å². The third-order valence-electron chi connectivity index (χ3n) is 5.33. The highest BCUT2D eigenvalue weighted by molar-refractivity contribution is 7.99. The number of thioether (sulfide) groups is 1. The second-order valence-electron chi connectivity index (χ2n) is 7.28. The van der Waals surface area contributed by atoms with Gasteiger partial charge in [-0.1, -0.05) is 17.8 Å². The average molecular weight is 421 g/mol. The number of fused-ring (bicyclic) bond motifs is 2. The van der Waals surface area contributed by atoms with E-state index in [0.717, 1.165) is 29.9 Å². The third kappa shape index (κ3) is 3.68. The van der Waals surface area contributed by atoms with Gasteiger partial charge in [0.1, 0.15) is 12.4 Å². The Bertz CT molecular complexity index is 1140. The van der Waals surface area contributed by atoms with Crippen molar-refractivity contribution in [1.29, 1.82) is 0 Å². The highest BCUT2D eigenvalue weighted by Gasteiger charge is 2.21. The van der Waals surface area contributed by atoms with Gasteiger partial charge in [0, 0.05) is 17.9 Å². The highest BCUT2D eigenvalue weighted by atomic mass is 32.2. The van der Waals surface area contributed by atoms with Crippen LogP contribution >= 0.6 is 11.8 Å². The summed E-state index contributed by atoms with van der Waals surface area (Å²) in [5, 5.41) is 24.7. The van der Waals surface area contributed by atoms with Gasteiger partial charge < -0.3 is 4.74 Å². The average Bonchev–Trinajstić information content (AvgIpc) is 3.20. The Kier molecular flexibility index (Phi) is 4.96. The normalized spacial score (nSPS) is 15.1. The molecule has 1 aliphatic heterocycles. The monoisotopic (exact) mass is 421 g/mol. The Morgan fingerprint density at radius 1 is 1.07 bits per heavy atom. The Hall–Kier alpha value is -3.20. The molecular weight excluding hydrogens is 402 g/mol. The van der Waals surface area contributed by atoms with Crippen molar-refractivity contribution in [3.63, 3.8) is 0 Å². The maximum absolute atomic E-state index is 10.9. The Balaban J connectivity index is 1.35. The van der Waals surface area contributed by atoms with Gasteiger partial charge in [-0.2, -0.15) is 9.78 Å². The van der Waals surface area contributed by atoms with E-state index in [9.17, 15) is 10.1 Å². The lowest BCUT2D eigenvalue weighted by atomic mass is 9.92. The van der Waals surface area contributed by atoms with Crippen LogP contribution in [0.25, 0.3) is 0 Å². The number of aromatic nitrogens is 3. The molecule has 1 aliphatic carbocycles. The van der Waals surface area contributed by atoms with E-state index >= 15 is 0 Å². The minimum absolute atomic E-state index is 0.0620. The summed E-state index contributed by atoms with van der Waals surface area (Å²) in [5.74, 6) is 2.08. The SMILES string of the molecule is O=[N+]([O-])c1ccc(C2=Nn3c(COc4ccc5c(c4)CCCC5)nnc3SC2)cc1. The van der Waals surface area contributed by atoms with Crippen LogP contribution in [0.15, 0.2) is 52.7 Å². The lowest BCUT2D eigenvalue weighted by molar-refractivity contribution is -0.384. The summed E-state index contributed by atoms with van der Waals surface area (Å²) in [4.78, 5) is 10.5. The van der Waals surface area contributed by atoms with Gasteiger partial charge in [0.25, 0.3) is 5.69 Å². The number of nitro benzene ring substituents is 1. The van der Waals surface area contributed by atoms with Crippen LogP contribution in [0.1, 0.15) is 35.4 Å². The van der Waals surface area contributed by atoms with E-state index < -0.39 is 4.92 Å². The quantitative estimate of drug-likeness (QED) is 0.456. The predicted octanol–water partition coefficient (Wildman–Crippen LogP) is 4.00. The second kappa shape index (κ2) is 7.91. The molecule has 1 aromatic heterocycles. The van der Waals surface area contributed by atoms with Crippen molar-refractivity contribution in [3.05, 3.63) is 75.1 Å². The molecule has 3 aromatic rings. The van der Waals surface area contributed by atoms with Gasteiger partial charge in [0.05, 0.1) is 10.6 Å². The van der Waals surface area contributed by atoms with E-state index in [4.69, 9.17) is 4.74 Å². The van der Waals surface area contributed by atoms with Crippen LogP contribution in [0.4, 0.5) is 5.69 Å². The molecule has 0 unspecified atom stereocenters. The lowest BCUT2D eigenvalue weighted by Crippen LogP contribution is -2.15. The van der Waals surface area contributed by atoms with Crippen LogP contribution in [0.3, 0.4) is 0 Å². The summed E-state index contributed by atoms with van der Waals surface area (Å²) >= 11 is 1.53. The molecule has 0 radical (unpaired) electrons. The maximum Gasteiger partial charge on any atom is 0.269 e. The van der Waals surface area contributed by atoms with E-state index in [1.165, 1.54) is 47.9 Å². The summed E-state index contributed by atoms with van der Waals surface area (Å²) in [5.41, 5.74) is 4.51. The standard InChI is InChI=1S/C21H19N5O3S/c27-26(28)17-8-5-15(6-9-17)19-13-30-21-23-22-20(25(21)24-19)12-29-18-10-7-14-3-1-2-4-16(14)11-18/h5-11H,1-4,12-13H2. The zero-order chi connectivity index (χ0) is 20.5. The van der Waals surface area contributed by atoms with E-state index in [0.29, 0.717) is 16.7 Å². The number of hydrogen-bond donors (Lipinski definition) is 0. The molecule has 2 aromatic carbocycles. The number of nitro groups is 1. The van der Waals surface area contributed by atoms with Crippen molar-refractivity contribution in [2.24, 2.45) is 5.10 Å². The largest absolute Gasteiger partial charge is 0.486 e. The van der Waals surface area contributed by atoms with Crippen LogP contribution in [0, 0.1) is 10.1 Å². The first kappa shape index (κ1) is 18.8. The first-order valence-electron chi connectivity index (χ1n) is 9.82. The summed E-state index contributed by atoms with van der Waals surface area (Å²) in [6.07, 6.45) is 4.73. The fraction of sp³-hybridized carbons (Fsp3) is 0.286. The smallest absolute Gasteiger partial charge is 0.269 e. The fourth-order valence-corrected chi connectivity index (χ4v) is 4.58. The van der Waals surface area contributed by atoms with Crippen LogP contribution < -0.4 is 4.74 Å². The lowest BCUT2D eigenvalue weighted by Gasteiger charge is -2.17. The van der Waals surface area contributed by atoms with Crippen molar-refractivity contribution < 1.29 is 9.66 Å². The van der Waals surface area contributed by atoms with Crippen molar-refractivity contribution >= 4 is 23.2 Å². The molecular formula is C21H19N5O3S. The van der Waals surface area contributed by atoms with Crippen molar-refractivity contribution in [3.8, 4) is 5.75 Å². The van der Waals surface area contributed by atoms with Crippen LogP contribution in [0.5, 0.6) is 5.75 Å². The summed E-state index contributed by atoms with van der Waals surface area (Å²) < 4.78 is 7.69. The number of non-ortho nitro benzene ring substituents is 1. The first-order valence-corrected chi connectivity index (χ1v) is 10.8. The third-order valence-corrected chi connectivity index (χ3v) is 6.27. The molecule has 0 atom stereocenters. The molecule has 0 saturated heterocycles. The zero-order valence-electron chi connectivity index (χ0n) is 16.2. The Labute approximate surface area is 177 Å². The summed E-state index contributed by atoms with van der Waals surface area (Å²) in [6, 6.07) is 12.7. The van der Waals surface area contributed by atoms with Gasteiger partial charge in [-0.15, -0.1) is 10.2 Å². The second-order valence-corrected chi connectivity index (χ2v) is 8.22. The molecule has 2 aliphatic rings. The highest BCUT2D eigenvalue weighted by Crippen LogP contribution is 2.27. The topological polar surface area (TPSA) is 95.4 Å². The number of nitrogens with zero attached hydrogens (tertiary/aromatic N) is 5. The molecule has 152 valence electrons. The number of hydrogen-bond acceptors (Lipinski definition) is 7. The number of ether oxygens (including phenoxy) is 1. The van der Waals surface area contributed by atoms with Gasteiger partial charge >= 0.3 is 0 Å². The Morgan fingerprint density at radius 2 is 1.87 bits per heavy atom. The molecule has 0 spiro atoms. The molecule has 0 fully saturated rings. The summed E-state index contributed by atoms with van der Waals surface area (Å²) in [6.45, 7) is 0.267. The van der Waals surface area contributed by atoms with E-state index in [2.05, 4.69) is 27.4 Å². The fourth-order valence-electron chi connectivity index (χ4n) is 3.72. The van der Waals surface area contributed by atoms with Crippen LogP contribution in [-0.2, 0) is 19.4 Å². The van der Waals surface area contributed by atoms with Gasteiger partial charge in [-0.25, -0.2) is 0 Å². The van der Waals surface area contributed by atoms with Crippen LogP contribution in [-0.4, -0.2) is 31.3 Å². The van der Waals surface area contributed by atoms with E-state index in [-0.39, 0.29) is 12.3 Å². The van der Waals surface area contributed by atoms with Gasteiger partial charge in [0.15, 0.2) is 5.82 Å². The summed E-state index contributed by atoms with van der Waals surface area (Å²) in [7, 11) is 0. The van der Waals surface area contributed by atoms with Crippen molar-refractivity contribution in [2.45, 2.75) is 37.4 Å². The first-order chi connectivity index (χ1) is 14.7. The molecule has 0 amide bonds. The van der Waals surface area contributed by atoms with E-state index in [1.54, 1.807) is 16.8 Å². The number of aryl methyl sites for hydroxylation is 2. The van der Waals surface area contributed by atoms with Crippen molar-refractivity contribution in [2.75, 3.05) is 5.75 Å². The molecule has 30 heavy (non-hydrogen) atoms. The van der Waals surface area contributed by atoms with Gasteiger partial charge in [0.2, 0.25) is 5.16 Å². The van der Waals surface area contributed by atoms with Crippen LogP contribution in [0.2, 0.25) is 0 Å².